The smallest absolute Gasteiger partial charge is 0.261 e. The Bertz CT molecular complexity index is 725. The quantitative estimate of drug-likeness (QED) is 0.445. The van der Waals surface area contributed by atoms with Crippen molar-refractivity contribution >= 4 is 16.8 Å². The van der Waals surface area contributed by atoms with Crippen LogP contribution in [0, 0.1) is 6.92 Å². The Kier molecular flexibility index (Phi) is 6.29. The van der Waals surface area contributed by atoms with Crippen LogP contribution in [-0.4, -0.2) is 20.7 Å². The normalized spacial score (nSPS) is 10.9. The molecule has 0 radical (unpaired) electrons. The van der Waals surface area contributed by atoms with Crippen molar-refractivity contribution in [1.29, 1.82) is 0 Å². The largest absolute Gasteiger partial charge is 0.299 e. The number of carbonyl (C=O) groups is 1. The molecule has 0 aliphatic rings. The van der Waals surface area contributed by atoms with Crippen LogP contribution in [0.2, 0.25) is 0 Å². The van der Waals surface area contributed by atoms with Crippen molar-refractivity contribution in [3.05, 3.63) is 40.4 Å². The van der Waals surface area contributed by atoms with Crippen molar-refractivity contribution in [2.75, 3.05) is 0 Å². The summed E-state index contributed by atoms with van der Waals surface area (Å²) in [6, 6.07) is 5.71. The van der Waals surface area contributed by atoms with Gasteiger partial charge in [-0.15, -0.1) is 0 Å². The van der Waals surface area contributed by atoms with Gasteiger partial charge in [-0.1, -0.05) is 30.9 Å². The zero-order valence-corrected chi connectivity index (χ0v) is 13.4. The van der Waals surface area contributed by atoms with E-state index in [0.717, 1.165) is 43.2 Å². The number of nitrogens with one attached hydrogen (secondary N) is 1. The zero-order valence-electron chi connectivity index (χ0n) is 13.4. The highest BCUT2D eigenvalue weighted by Gasteiger charge is 2.04. The number of aromatic nitrogens is 2. The van der Waals surface area contributed by atoms with Gasteiger partial charge in [-0.3, -0.25) is 19.4 Å². The fourth-order valence-corrected chi connectivity index (χ4v) is 2.59. The van der Waals surface area contributed by atoms with E-state index in [1.54, 1.807) is 16.4 Å². The Balaban J connectivity index is 1.80. The first-order valence-electron chi connectivity index (χ1n) is 8.00. The highest BCUT2D eigenvalue weighted by Crippen LogP contribution is 2.10. The summed E-state index contributed by atoms with van der Waals surface area (Å²) in [6.45, 7) is 2.63. The van der Waals surface area contributed by atoms with E-state index in [9.17, 15) is 9.59 Å². The Morgan fingerprint density at radius 1 is 1.22 bits per heavy atom. The molecule has 0 saturated carbocycles. The van der Waals surface area contributed by atoms with E-state index in [1.807, 2.05) is 25.1 Å². The Labute approximate surface area is 135 Å². The monoisotopic (exact) mass is 317 g/mol. The minimum absolute atomic E-state index is 0.0123. The third kappa shape index (κ3) is 4.89. The first-order valence-corrected chi connectivity index (χ1v) is 8.00. The molecule has 2 rings (SSSR count). The fraction of sp³-hybridized carbons (Fsp3) is 0.471. The van der Waals surface area contributed by atoms with Crippen LogP contribution in [0.1, 0.15) is 44.1 Å². The summed E-state index contributed by atoms with van der Waals surface area (Å²) in [6.07, 6.45) is 6.59. The number of benzene rings is 1. The summed E-state index contributed by atoms with van der Waals surface area (Å²) in [4.78, 5) is 27.6. The molecule has 0 atom stereocenters. The van der Waals surface area contributed by atoms with Gasteiger partial charge in [0.05, 0.1) is 17.2 Å². The molecule has 1 amide bonds. The van der Waals surface area contributed by atoms with Crippen LogP contribution < -0.4 is 11.0 Å². The van der Waals surface area contributed by atoms with E-state index in [0.29, 0.717) is 18.4 Å². The minimum atomic E-state index is -0.339. The Morgan fingerprint density at radius 2 is 1.96 bits per heavy atom. The fourth-order valence-electron chi connectivity index (χ4n) is 2.59. The van der Waals surface area contributed by atoms with E-state index >= 15 is 0 Å². The molecular weight excluding hydrogens is 294 g/mol. The third-order valence-corrected chi connectivity index (χ3v) is 3.91. The molecule has 2 aromatic rings. The maximum atomic E-state index is 12.4. The molecule has 0 aliphatic carbocycles. The van der Waals surface area contributed by atoms with Gasteiger partial charge in [0.15, 0.2) is 0 Å². The van der Waals surface area contributed by atoms with Crippen LogP contribution >= 0.6 is 0 Å². The molecular formula is C17H23N3O3. The summed E-state index contributed by atoms with van der Waals surface area (Å²) < 4.78 is 1.67. The maximum absolute atomic E-state index is 12.4. The molecule has 0 unspecified atom stereocenters. The van der Waals surface area contributed by atoms with Gasteiger partial charge < -0.3 is 0 Å². The topological polar surface area (TPSA) is 84.2 Å². The first kappa shape index (κ1) is 17.1. The van der Waals surface area contributed by atoms with E-state index in [1.165, 1.54) is 0 Å². The van der Waals surface area contributed by atoms with E-state index in [4.69, 9.17) is 5.21 Å². The highest BCUT2D eigenvalue weighted by molar-refractivity contribution is 5.77. The summed E-state index contributed by atoms with van der Waals surface area (Å²) in [7, 11) is 0. The van der Waals surface area contributed by atoms with Gasteiger partial charge in [0.25, 0.3) is 5.56 Å². The molecule has 6 heteroatoms. The van der Waals surface area contributed by atoms with E-state index < -0.39 is 0 Å². The lowest BCUT2D eigenvalue weighted by molar-refractivity contribution is -0.129. The molecule has 124 valence electrons. The van der Waals surface area contributed by atoms with E-state index in [2.05, 4.69) is 4.98 Å². The van der Waals surface area contributed by atoms with Crippen LogP contribution in [0.5, 0.6) is 0 Å². The number of nitrogens with zero attached hydrogens (tertiary/aromatic N) is 2. The Morgan fingerprint density at radius 3 is 2.74 bits per heavy atom. The summed E-state index contributed by atoms with van der Waals surface area (Å²) in [5.41, 5.74) is 3.43. The van der Waals surface area contributed by atoms with Crippen molar-refractivity contribution in [2.24, 2.45) is 0 Å². The lowest BCUT2D eigenvalue weighted by Crippen LogP contribution is -2.20. The van der Waals surface area contributed by atoms with Gasteiger partial charge in [0, 0.05) is 13.0 Å². The van der Waals surface area contributed by atoms with Crippen molar-refractivity contribution in [3.8, 4) is 0 Å². The second-order valence-corrected chi connectivity index (χ2v) is 5.82. The van der Waals surface area contributed by atoms with Gasteiger partial charge >= 0.3 is 0 Å². The number of fused-ring (bicyclic) bond motifs is 1. The van der Waals surface area contributed by atoms with Crippen LogP contribution in [0.25, 0.3) is 10.9 Å². The Hall–Kier alpha value is -2.21. The van der Waals surface area contributed by atoms with Gasteiger partial charge in [-0.2, -0.15) is 0 Å². The molecule has 1 aromatic carbocycles. The van der Waals surface area contributed by atoms with E-state index in [-0.39, 0.29) is 11.5 Å². The number of hydrogen-bond acceptors (Lipinski definition) is 4. The number of carbonyl (C=O) groups excluding carboxylic acids is 1. The molecule has 23 heavy (non-hydrogen) atoms. The van der Waals surface area contributed by atoms with Crippen LogP contribution in [0.4, 0.5) is 0 Å². The molecule has 0 saturated heterocycles. The molecule has 0 aliphatic heterocycles. The predicted octanol–water partition coefficient (Wildman–Crippen LogP) is 2.55. The molecule has 6 nitrogen and oxygen atoms in total. The molecule has 2 N–H and O–H groups in total. The standard InChI is InChI=1S/C17H23N3O3/c1-13-8-9-15-14(11-13)17(22)20(12-18-15)10-6-4-2-3-5-7-16(21)19-23/h8-9,11-12,23H,2-7,10H2,1H3,(H,19,21). The predicted molar refractivity (Wildman–Crippen MR) is 88.4 cm³/mol. The van der Waals surface area contributed by atoms with Crippen LogP contribution in [-0.2, 0) is 11.3 Å². The van der Waals surface area contributed by atoms with Crippen molar-refractivity contribution in [1.82, 2.24) is 15.0 Å². The van der Waals surface area contributed by atoms with Crippen LogP contribution in [0.3, 0.4) is 0 Å². The number of unbranched alkanes of at least 4 members (excludes halogenated alkanes) is 4. The molecule has 1 heterocycles. The first-order chi connectivity index (χ1) is 11.1. The van der Waals surface area contributed by atoms with Crippen molar-refractivity contribution in [3.63, 3.8) is 0 Å². The van der Waals surface area contributed by atoms with Gasteiger partial charge in [-0.05, 0) is 31.9 Å². The van der Waals surface area contributed by atoms with Crippen molar-refractivity contribution in [2.45, 2.75) is 52.0 Å². The number of hydroxylamine groups is 1. The highest BCUT2D eigenvalue weighted by atomic mass is 16.5. The molecule has 1 aromatic heterocycles. The van der Waals surface area contributed by atoms with Gasteiger partial charge in [-0.25, -0.2) is 10.5 Å². The lowest BCUT2D eigenvalue weighted by atomic mass is 10.1. The second kappa shape index (κ2) is 8.43. The van der Waals surface area contributed by atoms with Crippen molar-refractivity contribution < 1.29 is 10.0 Å². The number of aryl methyl sites for hydroxylation is 2. The zero-order chi connectivity index (χ0) is 16.7. The second-order valence-electron chi connectivity index (χ2n) is 5.82. The number of hydrogen-bond donors (Lipinski definition) is 2. The molecule has 0 bridgehead atoms. The molecule has 0 fully saturated rings. The third-order valence-electron chi connectivity index (χ3n) is 3.91. The molecule has 0 spiro atoms. The maximum Gasteiger partial charge on any atom is 0.261 e. The summed E-state index contributed by atoms with van der Waals surface area (Å²) >= 11 is 0. The number of amides is 1. The van der Waals surface area contributed by atoms with Crippen LogP contribution in [0.15, 0.2) is 29.3 Å². The SMILES string of the molecule is Cc1ccc2ncn(CCCCCCCC(=O)NO)c(=O)c2c1. The summed E-state index contributed by atoms with van der Waals surface area (Å²) in [5, 5.41) is 9.05. The van der Waals surface area contributed by atoms with Gasteiger partial charge in [0.2, 0.25) is 5.91 Å². The summed E-state index contributed by atoms with van der Waals surface area (Å²) in [5.74, 6) is -0.339. The number of rotatable bonds is 8. The lowest BCUT2D eigenvalue weighted by Gasteiger charge is -2.07. The van der Waals surface area contributed by atoms with Gasteiger partial charge in [0.1, 0.15) is 0 Å². The average molecular weight is 317 g/mol. The average Bonchev–Trinajstić information content (AvgIpc) is 2.56. The minimum Gasteiger partial charge on any atom is -0.299 e.